The fraction of sp³-hybridized carbons (Fsp3) is 0.636. The molecule has 7 heteroatoms. The van der Waals surface area contributed by atoms with Crippen LogP contribution in [0.1, 0.15) is 23.2 Å². The highest BCUT2D eigenvalue weighted by atomic mass is 16.5. The Bertz CT molecular complexity index is 419. The molecule has 1 saturated heterocycles. The van der Waals surface area contributed by atoms with Crippen molar-refractivity contribution in [1.29, 1.82) is 0 Å². The minimum Gasteiger partial charge on any atom is -0.476 e. The van der Waals surface area contributed by atoms with Gasteiger partial charge in [-0.05, 0) is 6.92 Å². The first-order valence-corrected chi connectivity index (χ1v) is 5.75. The van der Waals surface area contributed by atoms with Gasteiger partial charge in [0.05, 0.1) is 25.9 Å². The van der Waals surface area contributed by atoms with E-state index in [4.69, 9.17) is 19.5 Å². The lowest BCUT2D eigenvalue weighted by molar-refractivity contribution is -0.0823. The summed E-state index contributed by atoms with van der Waals surface area (Å²) in [4.78, 5) is 12.7. The van der Waals surface area contributed by atoms with Gasteiger partial charge in [0.25, 0.3) is 0 Å². The van der Waals surface area contributed by atoms with Gasteiger partial charge in [-0.25, -0.2) is 4.79 Å². The lowest BCUT2D eigenvalue weighted by Gasteiger charge is -2.36. The Morgan fingerprint density at radius 2 is 2.44 bits per heavy atom. The number of aliphatic hydroxyl groups excluding tert-OH is 1. The van der Waals surface area contributed by atoms with Gasteiger partial charge in [-0.15, -0.1) is 0 Å². The largest absolute Gasteiger partial charge is 0.476 e. The molecule has 2 rings (SSSR count). The molecule has 1 fully saturated rings. The van der Waals surface area contributed by atoms with Crippen LogP contribution in [0, 0.1) is 0 Å². The molecule has 7 nitrogen and oxygen atoms in total. The van der Waals surface area contributed by atoms with E-state index in [1.54, 1.807) is 0 Å². The van der Waals surface area contributed by atoms with Crippen molar-refractivity contribution >= 4 is 5.97 Å². The maximum Gasteiger partial charge on any atom is 0.358 e. The predicted octanol–water partition coefficient (Wildman–Crippen LogP) is -0.0456. The normalized spacial score (nSPS) is 25.2. The Labute approximate surface area is 104 Å². The highest BCUT2D eigenvalue weighted by molar-refractivity contribution is 5.85. The SMILES string of the molecule is CC1COC(CO)CN1Cc1cc(C(=O)O)no1. The molecule has 0 aliphatic carbocycles. The Hall–Kier alpha value is -1.44. The number of carboxylic acids is 1. The monoisotopic (exact) mass is 256 g/mol. The summed E-state index contributed by atoms with van der Waals surface area (Å²) in [5.41, 5.74) is -0.0929. The van der Waals surface area contributed by atoms with Gasteiger partial charge < -0.3 is 19.5 Å². The smallest absolute Gasteiger partial charge is 0.358 e. The van der Waals surface area contributed by atoms with Crippen LogP contribution < -0.4 is 0 Å². The molecule has 1 aliphatic heterocycles. The van der Waals surface area contributed by atoms with Crippen molar-refractivity contribution in [3.8, 4) is 0 Å². The molecule has 0 radical (unpaired) electrons. The molecule has 2 N–H and O–H groups in total. The number of nitrogens with zero attached hydrogens (tertiary/aromatic N) is 2. The van der Waals surface area contributed by atoms with Gasteiger partial charge >= 0.3 is 5.97 Å². The zero-order chi connectivity index (χ0) is 13.1. The minimum atomic E-state index is -1.10. The highest BCUT2D eigenvalue weighted by Crippen LogP contribution is 2.16. The van der Waals surface area contributed by atoms with Crippen molar-refractivity contribution in [2.24, 2.45) is 0 Å². The van der Waals surface area contributed by atoms with E-state index < -0.39 is 5.97 Å². The molecule has 100 valence electrons. The van der Waals surface area contributed by atoms with E-state index in [1.807, 2.05) is 6.92 Å². The van der Waals surface area contributed by atoms with Crippen LogP contribution in [0.2, 0.25) is 0 Å². The number of carbonyl (C=O) groups is 1. The van der Waals surface area contributed by atoms with E-state index >= 15 is 0 Å². The summed E-state index contributed by atoms with van der Waals surface area (Å²) < 4.78 is 10.4. The number of hydrogen-bond acceptors (Lipinski definition) is 6. The van der Waals surface area contributed by atoms with E-state index in [2.05, 4.69) is 10.1 Å². The molecule has 18 heavy (non-hydrogen) atoms. The molecule has 2 atom stereocenters. The average Bonchev–Trinajstić information content (AvgIpc) is 2.81. The summed E-state index contributed by atoms with van der Waals surface area (Å²) in [5.74, 6) is -0.605. The van der Waals surface area contributed by atoms with Crippen molar-refractivity contribution in [3.05, 3.63) is 17.5 Å². The first kappa shape index (κ1) is 13.0. The Kier molecular flexibility index (Phi) is 3.95. The van der Waals surface area contributed by atoms with Crippen molar-refractivity contribution in [2.45, 2.75) is 25.6 Å². The Morgan fingerprint density at radius 1 is 1.67 bits per heavy atom. The van der Waals surface area contributed by atoms with E-state index in [1.165, 1.54) is 6.07 Å². The van der Waals surface area contributed by atoms with Gasteiger partial charge in [-0.2, -0.15) is 0 Å². The zero-order valence-corrected chi connectivity index (χ0v) is 10.1. The van der Waals surface area contributed by atoms with Crippen molar-refractivity contribution in [1.82, 2.24) is 10.1 Å². The average molecular weight is 256 g/mol. The summed E-state index contributed by atoms with van der Waals surface area (Å²) in [6.45, 7) is 3.55. The zero-order valence-electron chi connectivity index (χ0n) is 10.1. The maximum absolute atomic E-state index is 10.7. The third kappa shape index (κ3) is 2.87. The predicted molar refractivity (Wildman–Crippen MR) is 60.2 cm³/mol. The molecule has 1 aliphatic rings. The summed E-state index contributed by atoms with van der Waals surface area (Å²) in [7, 11) is 0. The summed E-state index contributed by atoms with van der Waals surface area (Å²) >= 11 is 0. The quantitative estimate of drug-likeness (QED) is 0.779. The molecule has 1 aromatic heterocycles. The van der Waals surface area contributed by atoms with Crippen LogP contribution >= 0.6 is 0 Å². The lowest BCUT2D eigenvalue weighted by atomic mass is 10.2. The highest BCUT2D eigenvalue weighted by Gasteiger charge is 2.26. The summed E-state index contributed by atoms with van der Waals surface area (Å²) in [5, 5.41) is 21.3. The molecule has 0 bridgehead atoms. The van der Waals surface area contributed by atoms with E-state index in [0.717, 1.165) is 0 Å². The summed E-state index contributed by atoms with van der Waals surface area (Å²) in [6, 6.07) is 1.60. The Morgan fingerprint density at radius 3 is 3.06 bits per heavy atom. The van der Waals surface area contributed by atoms with Crippen molar-refractivity contribution in [3.63, 3.8) is 0 Å². The number of morpholine rings is 1. The van der Waals surface area contributed by atoms with Crippen LogP contribution in [0.4, 0.5) is 0 Å². The third-order valence-corrected chi connectivity index (χ3v) is 2.98. The minimum absolute atomic E-state index is 0.0278. The van der Waals surface area contributed by atoms with Crippen LogP contribution in [-0.2, 0) is 11.3 Å². The van der Waals surface area contributed by atoms with Crippen molar-refractivity contribution < 1.29 is 24.3 Å². The van der Waals surface area contributed by atoms with Gasteiger partial charge in [-0.1, -0.05) is 5.16 Å². The van der Waals surface area contributed by atoms with Crippen LogP contribution in [0.15, 0.2) is 10.6 Å². The number of rotatable bonds is 4. The van der Waals surface area contributed by atoms with Gasteiger partial charge in [-0.3, -0.25) is 4.90 Å². The van der Waals surface area contributed by atoms with Gasteiger partial charge in [0, 0.05) is 18.7 Å². The molecule has 1 aromatic rings. The molecule has 0 spiro atoms. The number of aliphatic hydroxyl groups is 1. The standard InChI is InChI=1S/C11H16N2O5/c1-7-6-17-9(5-14)4-13(7)3-8-2-10(11(15)16)12-18-8/h2,7,9,14H,3-6H2,1H3,(H,15,16). The topological polar surface area (TPSA) is 96.0 Å². The van der Waals surface area contributed by atoms with Gasteiger partial charge in [0.15, 0.2) is 11.5 Å². The van der Waals surface area contributed by atoms with Crippen LogP contribution in [0.3, 0.4) is 0 Å². The molecule has 2 heterocycles. The molecule has 0 saturated carbocycles. The maximum atomic E-state index is 10.7. The van der Waals surface area contributed by atoms with E-state index in [-0.39, 0.29) is 24.4 Å². The number of hydrogen-bond donors (Lipinski definition) is 2. The second kappa shape index (κ2) is 5.47. The fourth-order valence-corrected chi connectivity index (χ4v) is 1.89. The van der Waals surface area contributed by atoms with Crippen LogP contribution in [0.25, 0.3) is 0 Å². The molecule has 0 amide bonds. The van der Waals surface area contributed by atoms with Crippen LogP contribution in [-0.4, -0.2) is 58.1 Å². The van der Waals surface area contributed by atoms with E-state index in [0.29, 0.717) is 25.5 Å². The number of aromatic carboxylic acids is 1. The van der Waals surface area contributed by atoms with Gasteiger partial charge in [0.1, 0.15) is 0 Å². The lowest BCUT2D eigenvalue weighted by Crippen LogP contribution is -2.48. The number of ether oxygens (including phenoxy) is 1. The second-order valence-electron chi connectivity index (χ2n) is 4.40. The first-order valence-electron chi connectivity index (χ1n) is 5.75. The van der Waals surface area contributed by atoms with Gasteiger partial charge in [0.2, 0.25) is 0 Å². The number of carboxylic acid groups (broad SMARTS) is 1. The molecular weight excluding hydrogens is 240 g/mol. The molecule has 2 unspecified atom stereocenters. The third-order valence-electron chi connectivity index (χ3n) is 2.98. The Balaban J connectivity index is 2.00. The summed E-state index contributed by atoms with van der Waals surface area (Å²) in [6.07, 6.45) is -0.205. The number of aromatic nitrogens is 1. The second-order valence-corrected chi connectivity index (χ2v) is 4.40. The fourth-order valence-electron chi connectivity index (χ4n) is 1.89. The molecular formula is C11H16N2O5. The first-order chi connectivity index (χ1) is 8.60. The van der Waals surface area contributed by atoms with E-state index in [9.17, 15) is 4.79 Å². The van der Waals surface area contributed by atoms with Crippen LogP contribution in [0.5, 0.6) is 0 Å². The van der Waals surface area contributed by atoms with Crippen molar-refractivity contribution in [2.75, 3.05) is 19.8 Å². The molecule has 0 aromatic carbocycles.